The highest BCUT2D eigenvalue weighted by Crippen LogP contribution is 2.08. The van der Waals surface area contributed by atoms with Crippen LogP contribution in [0.2, 0.25) is 0 Å². The Morgan fingerprint density at radius 2 is 2.33 bits per heavy atom. The van der Waals surface area contributed by atoms with Gasteiger partial charge in [-0.2, -0.15) is 4.98 Å². The lowest BCUT2D eigenvalue weighted by atomic mass is 10.3. The van der Waals surface area contributed by atoms with Crippen LogP contribution in [0.1, 0.15) is 12.8 Å². The summed E-state index contributed by atoms with van der Waals surface area (Å²) < 4.78 is 9.79. The smallest absolute Gasteiger partial charge is 0.265 e. The molecule has 0 saturated carbocycles. The van der Waals surface area contributed by atoms with E-state index in [2.05, 4.69) is 10.1 Å². The Morgan fingerprint density at radius 1 is 1.60 bits per heavy atom. The molecule has 6 heteroatoms. The first-order valence-corrected chi connectivity index (χ1v) is 4.88. The molecule has 0 aliphatic carbocycles. The van der Waals surface area contributed by atoms with Crippen molar-refractivity contribution in [3.63, 3.8) is 0 Å². The Morgan fingerprint density at radius 3 is 2.93 bits per heavy atom. The summed E-state index contributed by atoms with van der Waals surface area (Å²) in [6.07, 6.45) is -0.284. The number of aliphatic hydroxyl groups is 1. The van der Waals surface area contributed by atoms with E-state index in [4.69, 9.17) is 9.26 Å². The number of ether oxygens (including phenoxy) is 1. The monoisotopic (exact) mass is 215 g/mol. The van der Waals surface area contributed by atoms with Crippen molar-refractivity contribution in [2.24, 2.45) is 0 Å². The summed E-state index contributed by atoms with van der Waals surface area (Å²) in [5, 5.41) is 13.2. The number of hydrogen-bond acceptors (Lipinski definition) is 6. The van der Waals surface area contributed by atoms with Crippen LogP contribution in [0.3, 0.4) is 0 Å². The second-order valence-corrected chi connectivity index (χ2v) is 3.32. The van der Waals surface area contributed by atoms with Gasteiger partial charge in [0.05, 0.1) is 19.1 Å². The fraction of sp³-hybridized carbons (Fsp3) is 0.778. The lowest BCUT2D eigenvalue weighted by molar-refractivity contribution is 0.0599. The van der Waals surface area contributed by atoms with E-state index in [-0.39, 0.29) is 6.61 Å². The summed E-state index contributed by atoms with van der Waals surface area (Å²) in [5.74, 6) is 0.965. The van der Waals surface area contributed by atoms with E-state index in [1.54, 1.807) is 0 Å². The van der Waals surface area contributed by atoms with Crippen molar-refractivity contribution < 1.29 is 14.4 Å². The van der Waals surface area contributed by atoms with E-state index in [0.29, 0.717) is 18.3 Å². The molecule has 15 heavy (non-hydrogen) atoms. The third-order valence-electron chi connectivity index (χ3n) is 2.04. The zero-order valence-corrected chi connectivity index (χ0v) is 9.30. The average molecular weight is 215 g/mol. The van der Waals surface area contributed by atoms with E-state index in [1.165, 1.54) is 7.11 Å². The second kappa shape index (κ2) is 5.67. The summed E-state index contributed by atoms with van der Waals surface area (Å²) in [5.41, 5.74) is 0. The molecular formula is C9H17N3O3. The molecule has 1 N–H and O–H groups in total. The molecule has 1 atom stereocenters. The Kier molecular flexibility index (Phi) is 4.51. The highest BCUT2D eigenvalue weighted by atomic mass is 16.5. The van der Waals surface area contributed by atoms with Gasteiger partial charge in [0.1, 0.15) is 0 Å². The van der Waals surface area contributed by atoms with Crippen molar-refractivity contribution in [2.45, 2.75) is 19.4 Å². The molecular weight excluding hydrogens is 198 g/mol. The van der Waals surface area contributed by atoms with Crippen molar-refractivity contribution in [1.29, 1.82) is 0 Å². The molecule has 0 saturated heterocycles. The molecule has 0 amide bonds. The van der Waals surface area contributed by atoms with Crippen LogP contribution in [0.25, 0.3) is 0 Å². The normalized spacial score (nSPS) is 12.8. The first kappa shape index (κ1) is 11.9. The lowest BCUT2D eigenvalue weighted by Crippen LogP contribution is -2.18. The van der Waals surface area contributed by atoms with Crippen LogP contribution < -0.4 is 4.90 Å². The van der Waals surface area contributed by atoms with Crippen LogP contribution in [0.15, 0.2) is 4.52 Å². The van der Waals surface area contributed by atoms with Gasteiger partial charge in [0, 0.05) is 20.7 Å². The van der Waals surface area contributed by atoms with Crippen LogP contribution >= 0.6 is 0 Å². The second-order valence-electron chi connectivity index (χ2n) is 3.32. The van der Waals surface area contributed by atoms with E-state index in [9.17, 15) is 5.11 Å². The summed E-state index contributed by atoms with van der Waals surface area (Å²) in [6.45, 7) is 3.07. The zero-order valence-electron chi connectivity index (χ0n) is 9.30. The third-order valence-corrected chi connectivity index (χ3v) is 2.04. The maximum Gasteiger partial charge on any atom is 0.265 e. The first-order valence-electron chi connectivity index (χ1n) is 4.88. The number of hydrogen-bond donors (Lipinski definition) is 1. The molecule has 0 spiro atoms. The van der Waals surface area contributed by atoms with Gasteiger partial charge in [-0.3, -0.25) is 0 Å². The minimum Gasteiger partial charge on any atom is -0.390 e. The zero-order chi connectivity index (χ0) is 11.3. The molecule has 6 nitrogen and oxygen atoms in total. The van der Waals surface area contributed by atoms with Gasteiger partial charge in [0.25, 0.3) is 5.95 Å². The average Bonchev–Trinajstić information content (AvgIpc) is 2.65. The van der Waals surface area contributed by atoms with E-state index in [1.807, 2.05) is 18.9 Å². The van der Waals surface area contributed by atoms with Gasteiger partial charge in [-0.1, -0.05) is 0 Å². The first-order chi connectivity index (χ1) is 7.17. The largest absolute Gasteiger partial charge is 0.390 e. The Bertz CT molecular complexity index is 290. The number of nitrogens with zero attached hydrogens (tertiary/aromatic N) is 3. The Hall–Kier alpha value is -1.14. The Balaban J connectivity index is 2.52. The fourth-order valence-corrected chi connectivity index (χ4v) is 1.08. The molecule has 0 aliphatic rings. The molecule has 0 aromatic carbocycles. The summed E-state index contributed by atoms with van der Waals surface area (Å²) >= 11 is 0. The van der Waals surface area contributed by atoms with E-state index >= 15 is 0 Å². The minimum atomic E-state index is -0.602. The van der Waals surface area contributed by atoms with Crippen LogP contribution in [0.4, 0.5) is 5.95 Å². The van der Waals surface area contributed by atoms with Crippen molar-refractivity contribution in [2.75, 3.05) is 32.2 Å². The maximum absolute atomic E-state index is 9.44. The molecule has 1 heterocycles. The summed E-state index contributed by atoms with van der Waals surface area (Å²) in [6, 6.07) is 0. The maximum atomic E-state index is 9.44. The van der Waals surface area contributed by atoms with E-state index in [0.717, 1.165) is 6.54 Å². The quantitative estimate of drug-likeness (QED) is 0.724. The molecule has 0 aliphatic heterocycles. The molecule has 0 radical (unpaired) electrons. The van der Waals surface area contributed by atoms with Crippen LogP contribution in [-0.4, -0.2) is 48.7 Å². The Labute approximate surface area is 88.8 Å². The molecule has 0 bridgehead atoms. The van der Waals surface area contributed by atoms with Gasteiger partial charge >= 0.3 is 0 Å². The van der Waals surface area contributed by atoms with Crippen molar-refractivity contribution in [3.8, 4) is 0 Å². The highest BCUT2D eigenvalue weighted by molar-refractivity contribution is 5.25. The van der Waals surface area contributed by atoms with Crippen LogP contribution in [0, 0.1) is 0 Å². The minimum absolute atomic E-state index is 0.265. The predicted molar refractivity (Wildman–Crippen MR) is 54.8 cm³/mol. The molecule has 1 aromatic heterocycles. The molecule has 1 aromatic rings. The molecule has 1 rings (SSSR count). The molecule has 0 fully saturated rings. The number of anilines is 1. The van der Waals surface area contributed by atoms with Crippen molar-refractivity contribution in [1.82, 2.24) is 10.1 Å². The van der Waals surface area contributed by atoms with Crippen molar-refractivity contribution in [3.05, 3.63) is 5.89 Å². The number of aliphatic hydroxyl groups excluding tert-OH is 1. The van der Waals surface area contributed by atoms with Gasteiger partial charge in [-0.05, 0) is 12.1 Å². The lowest BCUT2D eigenvalue weighted by Gasteiger charge is -2.09. The predicted octanol–water partition coefficient (Wildman–Crippen LogP) is 0.0755. The van der Waals surface area contributed by atoms with Gasteiger partial charge < -0.3 is 19.3 Å². The highest BCUT2D eigenvalue weighted by Gasteiger charge is 2.13. The van der Waals surface area contributed by atoms with Gasteiger partial charge in [-0.15, -0.1) is 0 Å². The van der Waals surface area contributed by atoms with Crippen LogP contribution in [-0.2, 0) is 11.2 Å². The molecule has 1 unspecified atom stereocenters. The van der Waals surface area contributed by atoms with Gasteiger partial charge in [-0.25, -0.2) is 0 Å². The SMILES string of the molecule is CCN(C)c1noc(CC(O)COC)n1. The third kappa shape index (κ3) is 3.49. The van der Waals surface area contributed by atoms with Gasteiger partial charge in [0.15, 0.2) is 0 Å². The standard InChI is InChI=1S/C9H17N3O3/c1-4-12(2)9-10-8(15-11-9)5-7(13)6-14-3/h7,13H,4-6H2,1-3H3. The summed E-state index contributed by atoms with van der Waals surface area (Å²) in [4.78, 5) is 5.99. The van der Waals surface area contributed by atoms with E-state index < -0.39 is 6.10 Å². The van der Waals surface area contributed by atoms with Crippen LogP contribution in [0.5, 0.6) is 0 Å². The summed E-state index contributed by atoms with van der Waals surface area (Å²) in [7, 11) is 3.41. The van der Waals surface area contributed by atoms with Gasteiger partial charge in [0.2, 0.25) is 5.89 Å². The number of aromatic nitrogens is 2. The number of methoxy groups -OCH3 is 1. The van der Waals surface area contributed by atoms with Crippen molar-refractivity contribution >= 4 is 5.95 Å². The topological polar surface area (TPSA) is 71.6 Å². The fourth-order valence-electron chi connectivity index (χ4n) is 1.08. The molecule has 86 valence electrons. The number of rotatable bonds is 6.